The predicted molar refractivity (Wildman–Crippen MR) is 81.5 cm³/mol. The van der Waals surface area contributed by atoms with Crippen molar-refractivity contribution in [2.24, 2.45) is 5.92 Å². The van der Waals surface area contributed by atoms with Gasteiger partial charge in [0.15, 0.2) is 0 Å². The highest BCUT2D eigenvalue weighted by Crippen LogP contribution is 2.30. The summed E-state index contributed by atoms with van der Waals surface area (Å²) in [5, 5.41) is 3.50. The van der Waals surface area contributed by atoms with Crippen LogP contribution in [0.5, 0.6) is 0 Å². The third-order valence-corrected chi connectivity index (χ3v) is 4.16. The Bertz CT molecular complexity index is 435. The number of fused-ring (bicyclic) bond motifs is 1. The lowest BCUT2D eigenvalue weighted by atomic mass is 10.0. The van der Waals surface area contributed by atoms with Crippen LogP contribution in [0.25, 0.3) is 0 Å². The van der Waals surface area contributed by atoms with E-state index in [1.54, 1.807) is 0 Å². The van der Waals surface area contributed by atoms with Crippen LogP contribution in [0.4, 0.5) is 5.69 Å². The molecule has 2 aliphatic rings. The maximum Gasteiger partial charge on any atom is 0.0372 e. The highest BCUT2D eigenvalue weighted by atomic mass is 15.2. The summed E-state index contributed by atoms with van der Waals surface area (Å²) < 4.78 is 0. The van der Waals surface area contributed by atoms with Crippen LogP contribution in [-0.2, 0) is 13.0 Å². The molecule has 0 radical (unpaired) electrons. The topological polar surface area (TPSA) is 15.3 Å². The molecule has 1 N–H and O–H groups in total. The summed E-state index contributed by atoms with van der Waals surface area (Å²) in [4.78, 5) is 2.68. The van der Waals surface area contributed by atoms with Crippen LogP contribution in [0.1, 0.15) is 44.2 Å². The highest BCUT2D eigenvalue weighted by Gasteiger charge is 2.29. The highest BCUT2D eigenvalue weighted by molar-refractivity contribution is 5.54. The number of anilines is 1. The number of hydrogen-bond acceptors (Lipinski definition) is 2. The van der Waals surface area contributed by atoms with Crippen molar-refractivity contribution in [2.75, 3.05) is 18.4 Å². The van der Waals surface area contributed by atoms with Crippen LogP contribution in [0.15, 0.2) is 18.2 Å². The fourth-order valence-electron chi connectivity index (χ4n) is 3.11. The minimum absolute atomic E-state index is 0.764. The zero-order chi connectivity index (χ0) is 13.2. The summed E-state index contributed by atoms with van der Waals surface area (Å²) in [7, 11) is 0. The Morgan fingerprint density at radius 1 is 1.32 bits per heavy atom. The number of hydrogen-bond donors (Lipinski definition) is 1. The lowest BCUT2D eigenvalue weighted by Gasteiger charge is -2.25. The standard InChI is InChI=1S/C17H26N2/c1-13(2)11-19(16-6-7-16)12-14-5-8-17-15(10-14)4-3-9-18-17/h5,8,10,13,16,18H,3-4,6-7,9,11-12H2,1-2H3. The molecule has 1 aliphatic carbocycles. The molecule has 1 aromatic rings. The first-order chi connectivity index (χ1) is 9.22. The lowest BCUT2D eigenvalue weighted by molar-refractivity contribution is 0.226. The minimum atomic E-state index is 0.764. The first kappa shape index (κ1) is 13.0. The fraction of sp³-hybridized carbons (Fsp3) is 0.647. The van der Waals surface area contributed by atoms with Gasteiger partial charge in [0.1, 0.15) is 0 Å². The number of nitrogens with zero attached hydrogens (tertiary/aromatic N) is 1. The van der Waals surface area contributed by atoms with E-state index in [9.17, 15) is 0 Å². The smallest absolute Gasteiger partial charge is 0.0372 e. The summed E-state index contributed by atoms with van der Waals surface area (Å²) in [6.07, 6.45) is 5.32. The van der Waals surface area contributed by atoms with Crippen molar-refractivity contribution >= 4 is 5.69 Å². The second kappa shape index (κ2) is 5.54. The largest absolute Gasteiger partial charge is 0.385 e. The number of nitrogens with one attached hydrogen (secondary N) is 1. The molecule has 0 atom stereocenters. The summed E-state index contributed by atoms with van der Waals surface area (Å²) in [5.74, 6) is 0.764. The molecule has 0 unspecified atom stereocenters. The van der Waals surface area contributed by atoms with Gasteiger partial charge >= 0.3 is 0 Å². The van der Waals surface area contributed by atoms with E-state index >= 15 is 0 Å². The molecular weight excluding hydrogens is 232 g/mol. The Labute approximate surface area is 117 Å². The molecule has 1 aliphatic heterocycles. The summed E-state index contributed by atoms with van der Waals surface area (Å²) in [5.41, 5.74) is 4.37. The van der Waals surface area contributed by atoms with Crippen LogP contribution in [0.3, 0.4) is 0 Å². The average Bonchev–Trinajstić information content (AvgIpc) is 3.21. The summed E-state index contributed by atoms with van der Waals surface area (Å²) >= 11 is 0. The zero-order valence-electron chi connectivity index (χ0n) is 12.3. The number of rotatable bonds is 5. The molecule has 3 rings (SSSR count). The SMILES string of the molecule is CC(C)CN(Cc1ccc2c(c1)CCCN2)C1CC1. The van der Waals surface area contributed by atoms with Gasteiger partial charge in [-0.05, 0) is 48.8 Å². The molecule has 1 fully saturated rings. The zero-order valence-corrected chi connectivity index (χ0v) is 12.3. The Morgan fingerprint density at radius 2 is 2.16 bits per heavy atom. The lowest BCUT2D eigenvalue weighted by Crippen LogP contribution is -2.29. The minimum Gasteiger partial charge on any atom is -0.385 e. The van der Waals surface area contributed by atoms with E-state index in [2.05, 4.69) is 42.3 Å². The third kappa shape index (κ3) is 3.30. The maximum absolute atomic E-state index is 3.50. The van der Waals surface area contributed by atoms with Crippen molar-refractivity contribution in [1.29, 1.82) is 0 Å². The van der Waals surface area contributed by atoms with Crippen molar-refractivity contribution in [3.05, 3.63) is 29.3 Å². The molecule has 2 heteroatoms. The van der Waals surface area contributed by atoms with E-state index < -0.39 is 0 Å². The fourth-order valence-corrected chi connectivity index (χ4v) is 3.11. The van der Waals surface area contributed by atoms with Gasteiger partial charge in [0.05, 0.1) is 0 Å². The van der Waals surface area contributed by atoms with Crippen molar-refractivity contribution < 1.29 is 0 Å². The van der Waals surface area contributed by atoms with E-state index in [0.717, 1.165) is 25.0 Å². The van der Waals surface area contributed by atoms with Gasteiger partial charge in [-0.2, -0.15) is 0 Å². The van der Waals surface area contributed by atoms with Crippen molar-refractivity contribution in [3.8, 4) is 0 Å². The molecule has 0 bridgehead atoms. The van der Waals surface area contributed by atoms with Gasteiger partial charge in [-0.15, -0.1) is 0 Å². The van der Waals surface area contributed by atoms with Crippen LogP contribution < -0.4 is 5.32 Å². The van der Waals surface area contributed by atoms with E-state index in [1.807, 2.05) is 0 Å². The first-order valence-corrected chi connectivity index (χ1v) is 7.82. The Morgan fingerprint density at radius 3 is 2.89 bits per heavy atom. The molecule has 1 heterocycles. The van der Waals surface area contributed by atoms with Crippen LogP contribution in [0, 0.1) is 5.92 Å². The van der Waals surface area contributed by atoms with Crippen molar-refractivity contribution in [2.45, 2.75) is 52.1 Å². The molecule has 1 saturated carbocycles. The molecule has 0 aromatic heterocycles. The quantitative estimate of drug-likeness (QED) is 0.867. The van der Waals surface area contributed by atoms with Crippen molar-refractivity contribution in [1.82, 2.24) is 4.90 Å². The molecular formula is C17H26N2. The molecule has 19 heavy (non-hydrogen) atoms. The monoisotopic (exact) mass is 258 g/mol. The van der Waals surface area contributed by atoms with E-state index in [0.29, 0.717) is 0 Å². The third-order valence-electron chi connectivity index (χ3n) is 4.16. The molecule has 104 valence electrons. The van der Waals surface area contributed by atoms with E-state index in [1.165, 1.54) is 49.0 Å². The van der Waals surface area contributed by atoms with Gasteiger partial charge in [-0.3, -0.25) is 4.90 Å². The van der Waals surface area contributed by atoms with Crippen molar-refractivity contribution in [3.63, 3.8) is 0 Å². The van der Waals surface area contributed by atoms with Gasteiger partial charge in [0.25, 0.3) is 0 Å². The summed E-state index contributed by atoms with van der Waals surface area (Å²) in [6, 6.07) is 7.88. The van der Waals surface area contributed by atoms with Gasteiger partial charge in [0, 0.05) is 31.4 Å². The van der Waals surface area contributed by atoms with Crippen LogP contribution >= 0.6 is 0 Å². The Hall–Kier alpha value is -1.02. The molecule has 1 aromatic carbocycles. The Kier molecular flexibility index (Phi) is 3.79. The Balaban J connectivity index is 1.70. The van der Waals surface area contributed by atoms with E-state index in [4.69, 9.17) is 0 Å². The maximum atomic E-state index is 3.50. The van der Waals surface area contributed by atoms with E-state index in [-0.39, 0.29) is 0 Å². The average molecular weight is 258 g/mol. The van der Waals surface area contributed by atoms with Gasteiger partial charge in [-0.25, -0.2) is 0 Å². The predicted octanol–water partition coefficient (Wildman–Crippen LogP) is 3.67. The second-order valence-corrected chi connectivity index (χ2v) is 6.58. The second-order valence-electron chi connectivity index (χ2n) is 6.58. The molecule has 0 spiro atoms. The van der Waals surface area contributed by atoms with Gasteiger partial charge in [0.2, 0.25) is 0 Å². The molecule has 2 nitrogen and oxygen atoms in total. The first-order valence-electron chi connectivity index (χ1n) is 7.82. The van der Waals surface area contributed by atoms with Crippen LogP contribution in [0.2, 0.25) is 0 Å². The molecule has 0 amide bonds. The number of benzene rings is 1. The normalized spacial score (nSPS) is 18.5. The van der Waals surface area contributed by atoms with Crippen LogP contribution in [-0.4, -0.2) is 24.0 Å². The summed E-state index contributed by atoms with van der Waals surface area (Å²) in [6.45, 7) is 8.16. The number of aryl methyl sites for hydroxylation is 1. The van der Waals surface area contributed by atoms with Gasteiger partial charge < -0.3 is 5.32 Å². The van der Waals surface area contributed by atoms with Gasteiger partial charge in [-0.1, -0.05) is 26.0 Å². The molecule has 0 saturated heterocycles.